The fourth-order valence-corrected chi connectivity index (χ4v) is 5.98. The van der Waals surface area contributed by atoms with Crippen LogP contribution < -0.4 is 5.19 Å². The number of rotatable bonds is 2. The quantitative estimate of drug-likeness (QED) is 0.412. The van der Waals surface area contributed by atoms with Crippen molar-refractivity contribution in [1.29, 1.82) is 0 Å². The second-order valence-corrected chi connectivity index (χ2v) is 12.3. The van der Waals surface area contributed by atoms with Crippen molar-refractivity contribution in [2.24, 2.45) is 0 Å². The van der Waals surface area contributed by atoms with E-state index in [1.54, 1.807) is 5.19 Å². The summed E-state index contributed by atoms with van der Waals surface area (Å²) in [5.74, 6) is 0.422. The van der Waals surface area contributed by atoms with E-state index in [1.165, 1.54) is 27.5 Å². The maximum absolute atomic E-state index is 2.46. The monoisotopic (exact) mass is 391 g/mol. The van der Waals surface area contributed by atoms with Gasteiger partial charge in [0.15, 0.2) is 0 Å². The number of fused-ring (bicyclic) bond motifs is 2. The molecular weight excluding hydrogens is 372 g/mol. The molecule has 0 amide bonds. The largest absolute Gasteiger partial charge is 0.153 e. The van der Waals surface area contributed by atoms with Crippen LogP contribution in [-0.4, -0.2) is 8.07 Å². The zero-order chi connectivity index (χ0) is 15.3. The molecule has 1 aliphatic carbocycles. The Morgan fingerprint density at radius 1 is 0.913 bits per heavy atom. The van der Waals surface area contributed by atoms with Crippen LogP contribution in [0.3, 0.4) is 0 Å². The molecule has 1 aliphatic rings. The van der Waals surface area contributed by atoms with Gasteiger partial charge in [0.05, 0.1) is 0 Å². The van der Waals surface area contributed by atoms with Gasteiger partial charge in [0, 0.05) is 40.2 Å². The molecule has 1 atom stereocenters. The van der Waals surface area contributed by atoms with E-state index in [9.17, 15) is 0 Å². The van der Waals surface area contributed by atoms with Crippen molar-refractivity contribution in [1.82, 2.24) is 0 Å². The van der Waals surface area contributed by atoms with Crippen molar-refractivity contribution in [2.45, 2.75) is 25.6 Å². The minimum absolute atomic E-state index is 0. The van der Waals surface area contributed by atoms with Crippen molar-refractivity contribution in [3.05, 3.63) is 77.4 Å². The summed E-state index contributed by atoms with van der Waals surface area (Å²) >= 11 is 0. The zero-order valence-electron chi connectivity index (χ0n) is 13.9. The van der Waals surface area contributed by atoms with Crippen molar-refractivity contribution < 1.29 is 26.2 Å². The van der Waals surface area contributed by atoms with Crippen LogP contribution in [0.25, 0.3) is 16.8 Å². The molecule has 0 saturated heterocycles. The van der Waals surface area contributed by atoms with Gasteiger partial charge in [-0.1, -0.05) is 62.1 Å². The van der Waals surface area contributed by atoms with Gasteiger partial charge < -0.3 is 0 Å². The summed E-state index contributed by atoms with van der Waals surface area (Å²) in [6.07, 6.45) is 4.66. The minimum Gasteiger partial charge on any atom is -0.153 e. The Bertz CT molecular complexity index is 880. The molecule has 0 nitrogen and oxygen atoms in total. The van der Waals surface area contributed by atoms with E-state index in [1.807, 2.05) is 0 Å². The molecule has 0 aliphatic heterocycles. The van der Waals surface area contributed by atoms with Gasteiger partial charge in [0.2, 0.25) is 0 Å². The molecule has 0 heterocycles. The molecule has 3 aromatic carbocycles. The SMILES string of the molecule is C[Si](C)(C)c1c(C2C=Cc3ccccc32)[cH-]c2ccccc12.[Zr]. The summed E-state index contributed by atoms with van der Waals surface area (Å²) in [7, 11) is -1.41. The van der Waals surface area contributed by atoms with Crippen LogP contribution in [0, 0.1) is 0 Å². The van der Waals surface area contributed by atoms with Gasteiger partial charge >= 0.3 is 0 Å². The molecule has 114 valence electrons. The Balaban J connectivity index is 0.00000156. The Hall–Kier alpha value is -1.11. The van der Waals surface area contributed by atoms with E-state index in [-0.39, 0.29) is 26.2 Å². The molecule has 23 heavy (non-hydrogen) atoms. The van der Waals surface area contributed by atoms with E-state index < -0.39 is 8.07 Å². The molecule has 0 aromatic heterocycles. The second-order valence-electron chi connectivity index (χ2n) is 7.28. The summed E-state index contributed by atoms with van der Waals surface area (Å²) in [6.45, 7) is 7.38. The van der Waals surface area contributed by atoms with Gasteiger partial charge in [0.25, 0.3) is 0 Å². The summed E-state index contributed by atoms with van der Waals surface area (Å²) < 4.78 is 0. The number of hydrogen-bond donors (Lipinski definition) is 0. The van der Waals surface area contributed by atoms with Crippen LogP contribution in [0.5, 0.6) is 0 Å². The maximum atomic E-state index is 2.46. The van der Waals surface area contributed by atoms with Gasteiger partial charge in [-0.15, -0.1) is 40.6 Å². The van der Waals surface area contributed by atoms with Crippen molar-refractivity contribution in [2.75, 3.05) is 0 Å². The molecule has 2 heteroatoms. The van der Waals surface area contributed by atoms with Crippen LogP contribution in [0.2, 0.25) is 19.6 Å². The smallest absolute Gasteiger partial charge is 0.0212 e. The molecule has 0 bridgehead atoms. The predicted octanol–water partition coefficient (Wildman–Crippen LogP) is 5.26. The molecular formula is C21H21SiZr-. The van der Waals surface area contributed by atoms with Crippen LogP contribution >= 0.6 is 0 Å². The molecule has 4 rings (SSSR count). The first-order chi connectivity index (χ1) is 10.6. The van der Waals surface area contributed by atoms with Crippen molar-refractivity contribution in [3.63, 3.8) is 0 Å². The fraction of sp³-hybridized carbons (Fsp3) is 0.190. The topological polar surface area (TPSA) is 0 Å². The molecule has 0 saturated carbocycles. The standard InChI is InChI=1S/C21H21Si.Zr/c1-22(2,3)21-18-11-7-5-9-16(18)14-20(21)19-13-12-15-8-4-6-10-17(15)19;/h4-14,19H,1-3H3;/q-1;. The van der Waals surface area contributed by atoms with E-state index in [2.05, 4.69) is 86.4 Å². The van der Waals surface area contributed by atoms with Crippen LogP contribution in [0.1, 0.15) is 22.6 Å². The molecule has 0 spiro atoms. The summed E-state index contributed by atoms with van der Waals surface area (Å²) in [6, 6.07) is 20.1. The Labute approximate surface area is 158 Å². The Morgan fingerprint density at radius 3 is 2.39 bits per heavy atom. The van der Waals surface area contributed by atoms with Crippen molar-refractivity contribution >= 4 is 30.1 Å². The number of hydrogen-bond acceptors (Lipinski definition) is 0. The Morgan fingerprint density at radius 2 is 1.61 bits per heavy atom. The first kappa shape index (κ1) is 16.7. The molecule has 0 radical (unpaired) electrons. The first-order valence-corrected chi connectivity index (χ1v) is 11.5. The van der Waals surface area contributed by atoms with Crippen LogP contribution in [0.15, 0.2) is 60.7 Å². The van der Waals surface area contributed by atoms with E-state index in [0.717, 1.165) is 0 Å². The third-order valence-corrected chi connectivity index (χ3v) is 6.77. The van der Waals surface area contributed by atoms with Crippen LogP contribution in [0.4, 0.5) is 0 Å². The van der Waals surface area contributed by atoms with Gasteiger partial charge in [-0.25, -0.2) is 0 Å². The van der Waals surface area contributed by atoms with Gasteiger partial charge in [-0.3, -0.25) is 0 Å². The zero-order valence-corrected chi connectivity index (χ0v) is 17.4. The van der Waals surface area contributed by atoms with Crippen LogP contribution in [-0.2, 0) is 26.2 Å². The fourth-order valence-electron chi connectivity index (χ4n) is 3.85. The van der Waals surface area contributed by atoms with Gasteiger partial charge in [0.1, 0.15) is 0 Å². The molecule has 1 unspecified atom stereocenters. The molecule has 0 N–H and O–H groups in total. The average Bonchev–Trinajstić information content (AvgIpc) is 3.07. The number of benzene rings is 2. The Kier molecular flexibility index (Phi) is 4.42. The third kappa shape index (κ3) is 2.77. The van der Waals surface area contributed by atoms with E-state index in [4.69, 9.17) is 0 Å². The normalized spacial score (nSPS) is 16.4. The molecule has 3 aromatic rings. The van der Waals surface area contributed by atoms with Crippen molar-refractivity contribution in [3.8, 4) is 0 Å². The third-order valence-electron chi connectivity index (χ3n) is 4.71. The summed E-state index contributed by atoms with van der Waals surface area (Å²) in [4.78, 5) is 0. The molecule has 0 fully saturated rings. The second kappa shape index (κ2) is 6.07. The first-order valence-electron chi connectivity index (χ1n) is 8.01. The minimum atomic E-state index is -1.41. The van der Waals surface area contributed by atoms with Gasteiger partial charge in [-0.05, 0) is 11.1 Å². The maximum Gasteiger partial charge on any atom is 0.0212 e. The predicted molar refractivity (Wildman–Crippen MR) is 99.8 cm³/mol. The van der Waals surface area contributed by atoms with Gasteiger partial charge in [-0.2, -0.15) is 5.19 Å². The summed E-state index contributed by atoms with van der Waals surface area (Å²) in [5, 5.41) is 4.50. The van der Waals surface area contributed by atoms with E-state index >= 15 is 0 Å². The number of allylic oxidation sites excluding steroid dienone is 1. The summed E-state index contributed by atoms with van der Waals surface area (Å²) in [5.41, 5.74) is 4.36. The van der Waals surface area contributed by atoms with E-state index in [0.29, 0.717) is 5.92 Å². The average molecular weight is 393 g/mol.